The molecule has 3 N–H and O–H groups in total. The Balaban J connectivity index is 1.65. The van der Waals surface area contributed by atoms with Crippen LogP contribution in [-0.2, 0) is 6.61 Å². The molecule has 0 fully saturated rings. The Hall–Kier alpha value is -3.47. The quantitative estimate of drug-likeness (QED) is 0.329. The summed E-state index contributed by atoms with van der Waals surface area (Å²) in [4.78, 5) is 5.49. The fraction of sp³-hybridized carbons (Fsp3) is 0.130. The Bertz CT molecular complexity index is 1270. The number of hydrogen-bond acceptors (Lipinski definition) is 7. The molecule has 8 heteroatoms. The summed E-state index contributed by atoms with van der Waals surface area (Å²) in [6, 6.07) is 15.1. The average Bonchev–Trinajstić information content (AvgIpc) is 3.28. The number of aromatic nitrogens is 1. The van der Waals surface area contributed by atoms with E-state index in [1.807, 2.05) is 30.5 Å². The molecule has 0 bridgehead atoms. The van der Waals surface area contributed by atoms with Crippen LogP contribution in [0.25, 0.3) is 10.9 Å². The van der Waals surface area contributed by atoms with E-state index in [-0.39, 0.29) is 0 Å². The van der Waals surface area contributed by atoms with Gasteiger partial charge in [-0.3, -0.25) is 4.98 Å². The van der Waals surface area contributed by atoms with Gasteiger partial charge >= 0.3 is 0 Å². The minimum atomic E-state index is 0.394. The van der Waals surface area contributed by atoms with Crippen molar-refractivity contribution >= 4 is 50.9 Å². The minimum Gasteiger partial charge on any atom is -0.492 e. The highest BCUT2D eigenvalue weighted by atomic mass is 35.5. The van der Waals surface area contributed by atoms with Crippen LogP contribution in [0, 0.1) is 11.3 Å². The molecular formula is C23H19ClN4O2S. The molecule has 0 saturated heterocycles. The van der Waals surface area contributed by atoms with Gasteiger partial charge in [0.25, 0.3) is 0 Å². The lowest BCUT2D eigenvalue weighted by Crippen LogP contribution is -2.01. The van der Waals surface area contributed by atoms with E-state index >= 15 is 0 Å². The first kappa shape index (κ1) is 20.8. The van der Waals surface area contributed by atoms with Gasteiger partial charge in [-0.05, 0) is 42.6 Å². The second-order valence-corrected chi connectivity index (χ2v) is 8.08. The van der Waals surface area contributed by atoms with Gasteiger partial charge in [-0.15, -0.1) is 11.3 Å². The second kappa shape index (κ2) is 9.13. The molecule has 156 valence electrons. The van der Waals surface area contributed by atoms with Crippen molar-refractivity contribution < 1.29 is 9.47 Å². The predicted molar refractivity (Wildman–Crippen MR) is 125 cm³/mol. The molecule has 6 nitrogen and oxygen atoms in total. The monoisotopic (exact) mass is 450 g/mol. The Morgan fingerprint density at radius 2 is 2.06 bits per heavy atom. The van der Waals surface area contributed by atoms with Crippen LogP contribution >= 0.6 is 22.9 Å². The normalized spacial score (nSPS) is 10.6. The maximum Gasteiger partial charge on any atom is 0.144 e. The van der Waals surface area contributed by atoms with E-state index in [1.54, 1.807) is 35.6 Å². The van der Waals surface area contributed by atoms with E-state index in [4.69, 9.17) is 26.8 Å². The number of nitrogens with one attached hydrogen (secondary N) is 1. The van der Waals surface area contributed by atoms with Crippen LogP contribution in [0.3, 0.4) is 0 Å². The lowest BCUT2D eigenvalue weighted by Gasteiger charge is -2.15. The smallest absolute Gasteiger partial charge is 0.144 e. The summed E-state index contributed by atoms with van der Waals surface area (Å²) in [5, 5.41) is 16.1. The first-order chi connectivity index (χ1) is 15.1. The molecule has 2 heterocycles. The van der Waals surface area contributed by atoms with Crippen LogP contribution in [0.5, 0.6) is 11.5 Å². The van der Waals surface area contributed by atoms with Crippen molar-refractivity contribution in [3.05, 3.63) is 69.5 Å². The number of halogens is 1. The number of anilines is 3. The standard InChI is InChI=1S/C23H19ClN4O2S/c1-2-29-22-10-20-17(9-19(22)26)23(14(11-25)12-27-20)28-15-5-6-21(18(24)8-15)30-13-16-4-3-7-31-16/h3-10,12H,2,13,26H2,1H3,(H,27,28). The van der Waals surface area contributed by atoms with Crippen molar-refractivity contribution in [3.8, 4) is 17.6 Å². The molecule has 31 heavy (non-hydrogen) atoms. The number of ether oxygens (including phenoxy) is 2. The topological polar surface area (TPSA) is 93.2 Å². The molecule has 0 aliphatic carbocycles. The third-order valence-electron chi connectivity index (χ3n) is 4.57. The van der Waals surface area contributed by atoms with Gasteiger partial charge in [0.2, 0.25) is 0 Å². The molecule has 0 aliphatic rings. The molecule has 2 aromatic carbocycles. The van der Waals surface area contributed by atoms with Gasteiger partial charge in [0.05, 0.1) is 34.1 Å². The van der Waals surface area contributed by atoms with E-state index < -0.39 is 0 Å². The van der Waals surface area contributed by atoms with Crippen LogP contribution in [0.1, 0.15) is 17.4 Å². The van der Waals surface area contributed by atoms with E-state index in [0.29, 0.717) is 63.3 Å². The second-order valence-electron chi connectivity index (χ2n) is 6.64. The maximum absolute atomic E-state index is 9.59. The number of nitriles is 1. The summed E-state index contributed by atoms with van der Waals surface area (Å²) >= 11 is 8.06. The molecule has 0 amide bonds. The SMILES string of the molecule is CCOc1cc2ncc(C#N)c(Nc3ccc(OCc4cccs4)c(Cl)c3)c2cc1N. The van der Waals surface area contributed by atoms with Gasteiger partial charge in [-0.25, -0.2) is 0 Å². The number of thiophene rings is 1. The number of nitrogen functional groups attached to an aromatic ring is 1. The molecule has 4 rings (SSSR count). The van der Waals surface area contributed by atoms with Gasteiger partial charge in [-0.2, -0.15) is 5.26 Å². The summed E-state index contributed by atoms with van der Waals surface area (Å²) in [5.74, 6) is 1.15. The van der Waals surface area contributed by atoms with Crippen LogP contribution < -0.4 is 20.5 Å². The highest BCUT2D eigenvalue weighted by Crippen LogP contribution is 2.36. The van der Waals surface area contributed by atoms with Gasteiger partial charge in [-0.1, -0.05) is 17.7 Å². The molecule has 4 aromatic rings. The summed E-state index contributed by atoms with van der Waals surface area (Å²) in [6.45, 7) is 2.84. The van der Waals surface area contributed by atoms with Gasteiger partial charge in [0.1, 0.15) is 24.2 Å². The fourth-order valence-corrected chi connectivity index (χ4v) is 3.97. The largest absolute Gasteiger partial charge is 0.492 e. The summed E-state index contributed by atoms with van der Waals surface area (Å²) in [7, 11) is 0. The maximum atomic E-state index is 9.59. The molecule has 0 saturated carbocycles. The number of rotatable bonds is 7. The van der Waals surface area contributed by atoms with Crippen LogP contribution in [0.4, 0.5) is 17.1 Å². The Labute approximate surface area is 188 Å². The van der Waals surface area contributed by atoms with Crippen molar-refractivity contribution in [2.45, 2.75) is 13.5 Å². The molecule has 0 aliphatic heterocycles. The fourth-order valence-electron chi connectivity index (χ4n) is 3.12. The number of nitrogens with zero attached hydrogens (tertiary/aromatic N) is 2. The van der Waals surface area contributed by atoms with Crippen molar-refractivity contribution in [2.24, 2.45) is 0 Å². The Morgan fingerprint density at radius 3 is 2.77 bits per heavy atom. The van der Waals surface area contributed by atoms with E-state index in [9.17, 15) is 5.26 Å². The number of fused-ring (bicyclic) bond motifs is 1. The van der Waals surface area contributed by atoms with Crippen molar-refractivity contribution in [1.29, 1.82) is 5.26 Å². The molecule has 0 radical (unpaired) electrons. The van der Waals surface area contributed by atoms with E-state index in [0.717, 1.165) is 4.88 Å². The Morgan fingerprint density at radius 1 is 1.19 bits per heavy atom. The highest BCUT2D eigenvalue weighted by Gasteiger charge is 2.14. The lowest BCUT2D eigenvalue weighted by molar-refractivity contribution is 0.310. The van der Waals surface area contributed by atoms with E-state index in [2.05, 4.69) is 16.4 Å². The molecule has 0 unspecified atom stereocenters. The molecule has 0 spiro atoms. The zero-order valence-corrected chi connectivity index (χ0v) is 18.3. The molecule has 0 atom stereocenters. The average molecular weight is 451 g/mol. The number of benzene rings is 2. The minimum absolute atomic E-state index is 0.394. The molecular weight excluding hydrogens is 432 g/mol. The number of nitrogens with two attached hydrogens (primary N) is 1. The zero-order chi connectivity index (χ0) is 21.8. The van der Waals surface area contributed by atoms with Crippen molar-refractivity contribution in [1.82, 2.24) is 4.98 Å². The predicted octanol–water partition coefficient (Wildman–Crippen LogP) is 6.12. The number of hydrogen-bond donors (Lipinski definition) is 2. The first-order valence-electron chi connectivity index (χ1n) is 9.56. The highest BCUT2D eigenvalue weighted by molar-refractivity contribution is 7.09. The zero-order valence-electron chi connectivity index (χ0n) is 16.7. The third kappa shape index (κ3) is 4.50. The van der Waals surface area contributed by atoms with Crippen LogP contribution in [0.2, 0.25) is 5.02 Å². The third-order valence-corrected chi connectivity index (χ3v) is 5.72. The number of pyridine rings is 1. The lowest BCUT2D eigenvalue weighted by atomic mass is 10.1. The van der Waals surface area contributed by atoms with Crippen LogP contribution in [0.15, 0.2) is 54.0 Å². The van der Waals surface area contributed by atoms with Gasteiger partial charge in [0, 0.05) is 28.2 Å². The summed E-state index contributed by atoms with van der Waals surface area (Å²) < 4.78 is 11.4. The summed E-state index contributed by atoms with van der Waals surface area (Å²) in [5.41, 5.74) is 9.00. The Kier molecular flexibility index (Phi) is 6.12. The van der Waals surface area contributed by atoms with Crippen molar-refractivity contribution in [3.63, 3.8) is 0 Å². The van der Waals surface area contributed by atoms with Gasteiger partial charge in [0.15, 0.2) is 0 Å². The van der Waals surface area contributed by atoms with Crippen LogP contribution in [-0.4, -0.2) is 11.6 Å². The van der Waals surface area contributed by atoms with Gasteiger partial charge < -0.3 is 20.5 Å². The molecule has 2 aromatic heterocycles. The van der Waals surface area contributed by atoms with Crippen molar-refractivity contribution in [2.75, 3.05) is 17.7 Å². The first-order valence-corrected chi connectivity index (χ1v) is 10.8. The van der Waals surface area contributed by atoms with E-state index in [1.165, 1.54) is 6.20 Å². The summed E-state index contributed by atoms with van der Waals surface area (Å²) in [6.07, 6.45) is 1.52.